The van der Waals surface area contributed by atoms with Gasteiger partial charge in [0.1, 0.15) is 10.6 Å². The molecule has 0 aliphatic heterocycles. The second kappa shape index (κ2) is 4.83. The molecule has 2 aliphatic rings. The molecule has 4 rings (SSSR count). The summed E-state index contributed by atoms with van der Waals surface area (Å²) in [7, 11) is 1.88. The highest BCUT2D eigenvalue weighted by molar-refractivity contribution is 7.18. The van der Waals surface area contributed by atoms with E-state index in [-0.39, 0.29) is 0 Å². The highest BCUT2D eigenvalue weighted by atomic mass is 32.1. The quantitative estimate of drug-likeness (QED) is 0.850. The molecule has 0 aromatic carbocycles. The lowest BCUT2D eigenvalue weighted by Crippen LogP contribution is -2.18. The van der Waals surface area contributed by atoms with Crippen LogP contribution in [0.4, 0.5) is 11.8 Å². The van der Waals surface area contributed by atoms with Crippen molar-refractivity contribution >= 4 is 33.3 Å². The number of fused-ring (bicyclic) bond motifs is 1. The van der Waals surface area contributed by atoms with E-state index in [0.717, 1.165) is 29.5 Å². The average molecular weight is 302 g/mol. The molecule has 0 radical (unpaired) electrons. The predicted molar refractivity (Wildman–Crippen MR) is 89.2 cm³/mol. The molecule has 2 aliphatic carbocycles. The van der Waals surface area contributed by atoms with E-state index in [9.17, 15) is 0 Å². The van der Waals surface area contributed by atoms with Crippen molar-refractivity contribution in [3.63, 3.8) is 0 Å². The first-order chi connectivity index (χ1) is 10.2. The summed E-state index contributed by atoms with van der Waals surface area (Å²) < 4.78 is 0. The van der Waals surface area contributed by atoms with Crippen molar-refractivity contribution in [1.29, 1.82) is 0 Å². The summed E-state index contributed by atoms with van der Waals surface area (Å²) in [5.74, 6) is 2.69. The minimum Gasteiger partial charge on any atom is -0.369 e. The van der Waals surface area contributed by atoms with Crippen LogP contribution >= 0.6 is 11.3 Å². The number of nitrogens with zero attached hydrogens (tertiary/aromatic N) is 2. The van der Waals surface area contributed by atoms with Gasteiger partial charge < -0.3 is 10.6 Å². The molecule has 4 nitrogen and oxygen atoms in total. The van der Waals surface area contributed by atoms with E-state index in [2.05, 4.69) is 33.6 Å². The van der Waals surface area contributed by atoms with Crippen molar-refractivity contribution in [2.24, 2.45) is 11.3 Å². The summed E-state index contributed by atoms with van der Waals surface area (Å²) in [4.78, 5) is 11.7. The van der Waals surface area contributed by atoms with Crippen LogP contribution in [0.25, 0.3) is 10.2 Å². The molecule has 2 aromatic rings. The van der Waals surface area contributed by atoms with Gasteiger partial charge in [0, 0.05) is 18.5 Å². The van der Waals surface area contributed by atoms with Gasteiger partial charge in [0.2, 0.25) is 5.95 Å². The molecular formula is C16H22N4S. The molecule has 2 fully saturated rings. The van der Waals surface area contributed by atoms with Gasteiger partial charge in [0.05, 0.1) is 5.39 Å². The smallest absolute Gasteiger partial charge is 0.225 e. The van der Waals surface area contributed by atoms with Crippen molar-refractivity contribution in [2.75, 3.05) is 24.2 Å². The molecule has 0 spiro atoms. The van der Waals surface area contributed by atoms with Gasteiger partial charge in [0.15, 0.2) is 0 Å². The van der Waals surface area contributed by atoms with E-state index in [1.54, 1.807) is 11.3 Å². The third-order valence-electron chi connectivity index (χ3n) is 4.96. The monoisotopic (exact) mass is 302 g/mol. The van der Waals surface area contributed by atoms with E-state index in [1.807, 2.05) is 7.05 Å². The normalized spacial score (nSPS) is 19.7. The summed E-state index contributed by atoms with van der Waals surface area (Å²) in [5.41, 5.74) is 0.584. The van der Waals surface area contributed by atoms with E-state index < -0.39 is 0 Å². The van der Waals surface area contributed by atoms with E-state index in [4.69, 9.17) is 0 Å². The number of rotatable bonds is 6. The molecule has 0 atom stereocenters. The molecule has 0 bridgehead atoms. The van der Waals surface area contributed by atoms with Crippen LogP contribution in [-0.4, -0.2) is 23.6 Å². The van der Waals surface area contributed by atoms with Gasteiger partial charge in [-0.15, -0.1) is 11.3 Å². The van der Waals surface area contributed by atoms with Crippen molar-refractivity contribution < 1.29 is 0 Å². The van der Waals surface area contributed by atoms with Gasteiger partial charge in [-0.05, 0) is 49.5 Å². The lowest BCUT2D eigenvalue weighted by atomic mass is 10.0. The Morgan fingerprint density at radius 2 is 2.14 bits per heavy atom. The summed E-state index contributed by atoms with van der Waals surface area (Å²) in [5, 5.41) is 7.90. The zero-order valence-electron chi connectivity index (χ0n) is 12.7. The fourth-order valence-electron chi connectivity index (χ4n) is 3.24. The fourth-order valence-corrected chi connectivity index (χ4v) is 4.20. The van der Waals surface area contributed by atoms with Crippen LogP contribution in [0.3, 0.4) is 0 Å². The van der Waals surface area contributed by atoms with Crippen LogP contribution in [-0.2, 0) is 6.42 Å². The molecule has 0 unspecified atom stereocenters. The van der Waals surface area contributed by atoms with Gasteiger partial charge >= 0.3 is 0 Å². The Morgan fingerprint density at radius 1 is 1.33 bits per heavy atom. The maximum Gasteiger partial charge on any atom is 0.225 e. The molecule has 112 valence electrons. The SMILES string of the molecule is CCc1cc2c(NCC3(C4CC4)CC3)nc(NC)nc2s1. The number of hydrogen-bond acceptors (Lipinski definition) is 5. The lowest BCUT2D eigenvalue weighted by Gasteiger charge is -2.16. The maximum atomic E-state index is 4.65. The minimum atomic E-state index is 0.584. The van der Waals surface area contributed by atoms with Crippen LogP contribution in [0.5, 0.6) is 0 Å². The van der Waals surface area contributed by atoms with Gasteiger partial charge in [0.25, 0.3) is 0 Å². The lowest BCUT2D eigenvalue weighted by molar-refractivity contribution is 0.466. The van der Waals surface area contributed by atoms with Crippen molar-refractivity contribution in [3.05, 3.63) is 10.9 Å². The van der Waals surface area contributed by atoms with Crippen molar-refractivity contribution in [3.8, 4) is 0 Å². The van der Waals surface area contributed by atoms with Gasteiger partial charge in [-0.3, -0.25) is 0 Å². The summed E-state index contributed by atoms with van der Waals surface area (Å²) in [6.07, 6.45) is 6.70. The number of thiophene rings is 1. The molecular weight excluding hydrogens is 280 g/mol. The summed E-state index contributed by atoms with van der Waals surface area (Å²) >= 11 is 1.78. The van der Waals surface area contributed by atoms with Crippen LogP contribution in [0.1, 0.15) is 37.5 Å². The van der Waals surface area contributed by atoms with Crippen molar-refractivity contribution in [1.82, 2.24) is 9.97 Å². The number of aryl methyl sites for hydroxylation is 1. The van der Waals surface area contributed by atoms with Gasteiger partial charge in [-0.1, -0.05) is 6.92 Å². The first-order valence-electron chi connectivity index (χ1n) is 7.96. The predicted octanol–water partition coefficient (Wildman–Crippen LogP) is 3.90. The molecule has 2 N–H and O–H groups in total. The molecule has 2 saturated carbocycles. The minimum absolute atomic E-state index is 0.584. The van der Waals surface area contributed by atoms with Gasteiger partial charge in [-0.25, -0.2) is 4.98 Å². The number of nitrogens with one attached hydrogen (secondary N) is 2. The Hall–Kier alpha value is -1.36. The molecule has 2 aromatic heterocycles. The highest BCUT2D eigenvalue weighted by Crippen LogP contribution is 2.61. The zero-order chi connectivity index (χ0) is 14.4. The summed E-state index contributed by atoms with van der Waals surface area (Å²) in [6, 6.07) is 2.25. The standard InChI is InChI=1S/C16H22N4S/c1-3-11-8-12-13(19-15(17-2)20-14(12)21-11)18-9-16(6-7-16)10-4-5-10/h8,10H,3-7,9H2,1-2H3,(H2,17,18,19,20). The Bertz CT molecular complexity index is 670. The topological polar surface area (TPSA) is 49.8 Å². The van der Waals surface area contributed by atoms with Crippen LogP contribution < -0.4 is 10.6 Å². The molecule has 0 saturated heterocycles. The van der Waals surface area contributed by atoms with E-state index in [0.29, 0.717) is 11.4 Å². The Balaban J connectivity index is 1.64. The number of anilines is 2. The fraction of sp³-hybridized carbons (Fsp3) is 0.625. The Labute approximate surface area is 129 Å². The molecule has 2 heterocycles. The van der Waals surface area contributed by atoms with Crippen molar-refractivity contribution in [2.45, 2.75) is 39.0 Å². The molecule has 0 amide bonds. The van der Waals surface area contributed by atoms with E-state index >= 15 is 0 Å². The third kappa shape index (κ3) is 2.37. The Morgan fingerprint density at radius 3 is 2.76 bits per heavy atom. The first-order valence-corrected chi connectivity index (χ1v) is 8.78. The Kier molecular flexibility index (Phi) is 3.06. The third-order valence-corrected chi connectivity index (χ3v) is 6.13. The molecule has 21 heavy (non-hydrogen) atoms. The molecule has 5 heteroatoms. The second-order valence-electron chi connectivity index (χ2n) is 6.42. The van der Waals surface area contributed by atoms with Crippen LogP contribution in [0, 0.1) is 11.3 Å². The zero-order valence-corrected chi connectivity index (χ0v) is 13.5. The largest absolute Gasteiger partial charge is 0.369 e. The summed E-state index contributed by atoms with van der Waals surface area (Å²) in [6.45, 7) is 3.26. The van der Waals surface area contributed by atoms with E-state index in [1.165, 1.54) is 35.9 Å². The second-order valence-corrected chi connectivity index (χ2v) is 7.54. The maximum absolute atomic E-state index is 4.65. The highest BCUT2D eigenvalue weighted by Gasteiger charge is 2.53. The first kappa shape index (κ1) is 13.3. The van der Waals surface area contributed by atoms with Gasteiger partial charge in [-0.2, -0.15) is 4.98 Å². The number of aromatic nitrogens is 2. The number of hydrogen-bond donors (Lipinski definition) is 2. The average Bonchev–Trinajstić information content (AvgIpc) is 3.40. The van der Waals surface area contributed by atoms with Crippen LogP contribution in [0.2, 0.25) is 0 Å². The van der Waals surface area contributed by atoms with Crippen LogP contribution in [0.15, 0.2) is 6.07 Å².